The predicted octanol–water partition coefficient (Wildman–Crippen LogP) is 1.14. The molecule has 3 N–H and O–H groups in total. The number of nitrogens with one attached hydrogen (secondary N) is 1. The van der Waals surface area contributed by atoms with Gasteiger partial charge in [-0.2, -0.15) is 0 Å². The second kappa shape index (κ2) is 4.07. The van der Waals surface area contributed by atoms with Crippen molar-refractivity contribution in [2.75, 3.05) is 5.32 Å². The Kier molecular flexibility index (Phi) is 2.94. The van der Waals surface area contributed by atoms with Crippen LogP contribution in [0.25, 0.3) is 0 Å². The highest BCUT2D eigenvalue weighted by molar-refractivity contribution is 7.91. The second-order valence-electron chi connectivity index (χ2n) is 3.66. The van der Waals surface area contributed by atoms with Gasteiger partial charge in [-0.3, -0.25) is 0 Å². The maximum atomic E-state index is 11.0. The number of hydrogen-bond acceptors (Lipinski definition) is 5. The summed E-state index contributed by atoms with van der Waals surface area (Å²) in [4.78, 5) is 3.99. The maximum Gasteiger partial charge on any atom is 0.249 e. The van der Waals surface area contributed by atoms with E-state index in [9.17, 15) is 8.42 Å². The van der Waals surface area contributed by atoms with Gasteiger partial charge in [-0.1, -0.05) is 24.2 Å². The van der Waals surface area contributed by atoms with Crippen LogP contribution < -0.4 is 10.5 Å². The number of thiazole rings is 1. The predicted molar refractivity (Wildman–Crippen MR) is 59.4 cm³/mol. The lowest BCUT2D eigenvalue weighted by molar-refractivity contribution is 0.599. The summed E-state index contributed by atoms with van der Waals surface area (Å²) >= 11 is 1.09. The van der Waals surface area contributed by atoms with Gasteiger partial charge in [-0.05, 0) is 12.8 Å². The van der Waals surface area contributed by atoms with Gasteiger partial charge in [0, 0.05) is 6.04 Å². The third-order valence-corrected chi connectivity index (χ3v) is 4.78. The number of aromatic nitrogens is 1. The van der Waals surface area contributed by atoms with Gasteiger partial charge in [-0.15, -0.1) is 0 Å². The summed E-state index contributed by atoms with van der Waals surface area (Å²) < 4.78 is 22.1. The third kappa shape index (κ3) is 2.67. The first-order valence-corrected chi connectivity index (χ1v) is 7.17. The van der Waals surface area contributed by atoms with E-state index in [0.717, 1.165) is 24.2 Å². The van der Waals surface area contributed by atoms with Gasteiger partial charge in [0.05, 0.1) is 6.20 Å². The first kappa shape index (κ1) is 10.8. The smallest absolute Gasteiger partial charge is 0.249 e. The summed E-state index contributed by atoms with van der Waals surface area (Å²) in [6, 6.07) is 0.435. The average molecular weight is 247 g/mol. The molecule has 1 fully saturated rings. The lowest BCUT2D eigenvalue weighted by Gasteiger charge is -2.09. The number of rotatable bonds is 3. The molecule has 0 saturated heterocycles. The van der Waals surface area contributed by atoms with E-state index in [0.29, 0.717) is 11.2 Å². The summed E-state index contributed by atoms with van der Waals surface area (Å²) in [6.45, 7) is 0. The minimum Gasteiger partial charge on any atom is -0.359 e. The van der Waals surface area contributed by atoms with E-state index in [2.05, 4.69) is 10.3 Å². The Labute approximate surface area is 92.8 Å². The van der Waals surface area contributed by atoms with Gasteiger partial charge in [0.2, 0.25) is 10.0 Å². The highest BCUT2D eigenvalue weighted by atomic mass is 32.2. The Hall–Kier alpha value is -0.660. The normalized spacial score (nSPS) is 18.2. The largest absolute Gasteiger partial charge is 0.359 e. The van der Waals surface area contributed by atoms with Crippen molar-refractivity contribution >= 4 is 26.5 Å². The van der Waals surface area contributed by atoms with Gasteiger partial charge in [0.1, 0.15) is 0 Å². The van der Waals surface area contributed by atoms with E-state index in [1.807, 2.05) is 0 Å². The lowest BCUT2D eigenvalue weighted by Crippen LogP contribution is -2.14. The quantitative estimate of drug-likeness (QED) is 0.839. The number of anilines is 1. The van der Waals surface area contributed by atoms with Gasteiger partial charge in [-0.25, -0.2) is 18.5 Å². The maximum absolute atomic E-state index is 11.0. The van der Waals surface area contributed by atoms with Gasteiger partial charge >= 0.3 is 0 Å². The molecule has 1 aromatic rings. The molecule has 0 bridgehead atoms. The monoisotopic (exact) mass is 247 g/mol. The molecule has 2 rings (SSSR count). The van der Waals surface area contributed by atoms with E-state index >= 15 is 0 Å². The molecule has 1 saturated carbocycles. The molecule has 7 heteroatoms. The Balaban J connectivity index is 2.07. The Bertz CT molecular complexity index is 434. The summed E-state index contributed by atoms with van der Waals surface area (Å²) in [5, 5.41) is 8.86. The first-order valence-electron chi connectivity index (χ1n) is 4.81. The minimum atomic E-state index is -3.60. The van der Waals surface area contributed by atoms with Crippen LogP contribution in [-0.4, -0.2) is 19.4 Å². The Morgan fingerprint density at radius 2 is 2.13 bits per heavy atom. The van der Waals surface area contributed by atoms with Crippen LogP contribution in [0.3, 0.4) is 0 Å². The number of hydrogen-bond donors (Lipinski definition) is 2. The molecule has 1 aliphatic rings. The topological polar surface area (TPSA) is 85.1 Å². The zero-order chi connectivity index (χ0) is 10.9. The van der Waals surface area contributed by atoms with Crippen molar-refractivity contribution in [3.05, 3.63) is 6.20 Å². The summed E-state index contributed by atoms with van der Waals surface area (Å²) in [5.41, 5.74) is 0. The SMILES string of the molecule is NS(=O)(=O)c1cnc(NC2CCCC2)s1. The molecule has 0 aliphatic heterocycles. The minimum absolute atomic E-state index is 0.114. The Morgan fingerprint density at radius 3 is 2.67 bits per heavy atom. The molecule has 0 atom stereocenters. The molecule has 0 unspecified atom stereocenters. The molecule has 1 aliphatic carbocycles. The van der Waals surface area contributed by atoms with Gasteiger partial charge in [0.25, 0.3) is 0 Å². The fourth-order valence-corrected chi connectivity index (χ4v) is 3.23. The number of sulfonamides is 1. The molecule has 0 spiro atoms. The number of nitrogens with zero attached hydrogens (tertiary/aromatic N) is 1. The molecule has 0 aromatic carbocycles. The Morgan fingerprint density at radius 1 is 1.47 bits per heavy atom. The molecule has 1 heterocycles. The summed E-state index contributed by atoms with van der Waals surface area (Å²) in [7, 11) is -3.60. The number of nitrogens with two attached hydrogens (primary N) is 1. The van der Waals surface area contributed by atoms with Crippen LogP contribution in [0.15, 0.2) is 10.4 Å². The molecular formula is C8H13N3O2S2. The zero-order valence-corrected chi connectivity index (χ0v) is 9.77. The summed E-state index contributed by atoms with van der Waals surface area (Å²) in [6.07, 6.45) is 6.02. The van der Waals surface area contributed by atoms with Crippen molar-refractivity contribution < 1.29 is 8.42 Å². The van der Waals surface area contributed by atoms with Gasteiger partial charge in [0.15, 0.2) is 9.34 Å². The van der Waals surface area contributed by atoms with Crippen LogP contribution in [0.2, 0.25) is 0 Å². The van der Waals surface area contributed by atoms with E-state index in [1.165, 1.54) is 19.0 Å². The van der Waals surface area contributed by atoms with Crippen LogP contribution in [0, 0.1) is 0 Å². The van der Waals surface area contributed by atoms with Crippen molar-refractivity contribution in [2.45, 2.75) is 35.9 Å². The van der Waals surface area contributed by atoms with E-state index in [4.69, 9.17) is 5.14 Å². The second-order valence-corrected chi connectivity index (χ2v) is 6.47. The average Bonchev–Trinajstić information content (AvgIpc) is 2.73. The van der Waals surface area contributed by atoms with Crippen LogP contribution >= 0.6 is 11.3 Å². The highest BCUT2D eigenvalue weighted by Gasteiger charge is 2.18. The molecule has 1 aromatic heterocycles. The van der Waals surface area contributed by atoms with Crippen LogP contribution in [0.4, 0.5) is 5.13 Å². The molecule has 15 heavy (non-hydrogen) atoms. The van der Waals surface area contributed by atoms with E-state index in [-0.39, 0.29) is 4.21 Å². The molecule has 84 valence electrons. The number of primary sulfonamides is 1. The lowest BCUT2D eigenvalue weighted by atomic mass is 10.3. The standard InChI is InChI=1S/C8H13N3O2S2/c9-15(12,13)7-5-10-8(14-7)11-6-3-1-2-4-6/h5-6H,1-4H2,(H,10,11)(H2,9,12,13). The summed E-state index contributed by atoms with van der Waals surface area (Å²) in [5.74, 6) is 0. The fourth-order valence-electron chi connectivity index (χ4n) is 1.70. The van der Waals surface area contributed by atoms with Crippen molar-refractivity contribution in [3.63, 3.8) is 0 Å². The van der Waals surface area contributed by atoms with E-state index in [1.54, 1.807) is 0 Å². The fraction of sp³-hybridized carbons (Fsp3) is 0.625. The van der Waals surface area contributed by atoms with Crippen LogP contribution in [0.1, 0.15) is 25.7 Å². The van der Waals surface area contributed by atoms with Crippen molar-refractivity contribution in [2.24, 2.45) is 5.14 Å². The molecule has 0 amide bonds. The highest BCUT2D eigenvalue weighted by Crippen LogP contribution is 2.26. The van der Waals surface area contributed by atoms with Crippen LogP contribution in [0.5, 0.6) is 0 Å². The van der Waals surface area contributed by atoms with Crippen molar-refractivity contribution in [1.29, 1.82) is 0 Å². The first-order chi connectivity index (χ1) is 7.05. The molecule has 5 nitrogen and oxygen atoms in total. The molecule has 0 radical (unpaired) electrons. The third-order valence-electron chi connectivity index (χ3n) is 2.45. The van der Waals surface area contributed by atoms with E-state index < -0.39 is 10.0 Å². The zero-order valence-electron chi connectivity index (χ0n) is 8.14. The van der Waals surface area contributed by atoms with Crippen molar-refractivity contribution in [1.82, 2.24) is 4.98 Å². The van der Waals surface area contributed by atoms with Crippen molar-refractivity contribution in [3.8, 4) is 0 Å². The van der Waals surface area contributed by atoms with Crippen LogP contribution in [-0.2, 0) is 10.0 Å². The van der Waals surface area contributed by atoms with Gasteiger partial charge < -0.3 is 5.32 Å². The molecular weight excluding hydrogens is 234 g/mol.